The molecule has 0 spiro atoms. The molecule has 2 rings (SSSR count). The maximum atomic E-state index is 12.1. The van der Waals surface area contributed by atoms with Crippen LogP contribution >= 0.6 is 0 Å². The zero-order valence-corrected chi connectivity index (χ0v) is 13.0. The van der Waals surface area contributed by atoms with Crippen LogP contribution in [0.2, 0.25) is 0 Å². The Kier molecular flexibility index (Phi) is 5.37. The molecule has 1 unspecified atom stereocenters. The molecule has 1 fully saturated rings. The molecule has 1 amide bonds. The average molecular weight is 290 g/mol. The Balaban J connectivity index is 1.78. The molecule has 1 atom stereocenters. The molecule has 4 heteroatoms. The van der Waals surface area contributed by atoms with Gasteiger partial charge in [-0.2, -0.15) is 0 Å². The molecule has 0 saturated heterocycles. The molecule has 0 aliphatic heterocycles. The lowest BCUT2D eigenvalue weighted by Gasteiger charge is -2.28. The fourth-order valence-electron chi connectivity index (χ4n) is 3.11. The summed E-state index contributed by atoms with van der Waals surface area (Å²) < 4.78 is 0. The van der Waals surface area contributed by atoms with E-state index in [0.717, 1.165) is 31.2 Å². The van der Waals surface area contributed by atoms with Crippen molar-refractivity contribution in [2.24, 2.45) is 0 Å². The highest BCUT2D eigenvalue weighted by Crippen LogP contribution is 2.29. The molecule has 1 saturated carbocycles. The van der Waals surface area contributed by atoms with Gasteiger partial charge in [-0.3, -0.25) is 9.69 Å². The van der Waals surface area contributed by atoms with Gasteiger partial charge >= 0.3 is 0 Å². The predicted octanol–water partition coefficient (Wildman–Crippen LogP) is 2.10. The Morgan fingerprint density at radius 2 is 1.95 bits per heavy atom. The summed E-state index contributed by atoms with van der Waals surface area (Å²) in [5.41, 5.74) is 0.503. The highest BCUT2D eigenvalue weighted by Gasteiger charge is 2.32. The van der Waals surface area contributed by atoms with Gasteiger partial charge in [-0.05, 0) is 32.4 Å². The van der Waals surface area contributed by atoms with Crippen LogP contribution in [-0.2, 0) is 4.79 Å². The van der Waals surface area contributed by atoms with Crippen LogP contribution in [0.5, 0.6) is 0 Å². The molecule has 4 nitrogen and oxygen atoms in total. The predicted molar refractivity (Wildman–Crippen MR) is 83.9 cm³/mol. The average Bonchev–Trinajstić information content (AvgIpc) is 2.85. The van der Waals surface area contributed by atoms with E-state index in [1.807, 2.05) is 49.2 Å². The van der Waals surface area contributed by atoms with Crippen molar-refractivity contribution in [3.05, 3.63) is 35.9 Å². The smallest absolute Gasteiger partial charge is 0.234 e. The van der Waals surface area contributed by atoms with E-state index in [1.165, 1.54) is 0 Å². The van der Waals surface area contributed by atoms with Gasteiger partial charge in [0, 0.05) is 6.54 Å². The first-order valence-electron chi connectivity index (χ1n) is 7.74. The number of nitrogens with zero attached hydrogens (tertiary/aromatic N) is 1. The number of nitrogens with one attached hydrogen (secondary N) is 1. The van der Waals surface area contributed by atoms with E-state index in [9.17, 15) is 9.90 Å². The fraction of sp³-hybridized carbons (Fsp3) is 0.588. The lowest BCUT2D eigenvalue weighted by Crippen LogP contribution is -2.44. The Morgan fingerprint density at radius 1 is 1.33 bits per heavy atom. The molecule has 0 aromatic heterocycles. The minimum atomic E-state index is -0.597. The number of likely N-dealkylation sites (N-methyl/N-ethyl adjacent to an activating group) is 1. The SMILES string of the molecule is CC(NC(=O)CN(C)CC1(O)CCCC1)c1ccccc1. The number of carbonyl (C=O) groups excluding carboxylic acids is 1. The molecule has 2 N–H and O–H groups in total. The van der Waals surface area contributed by atoms with Crippen LogP contribution < -0.4 is 5.32 Å². The van der Waals surface area contributed by atoms with Crippen molar-refractivity contribution in [3.8, 4) is 0 Å². The quantitative estimate of drug-likeness (QED) is 0.843. The van der Waals surface area contributed by atoms with Crippen molar-refractivity contribution < 1.29 is 9.90 Å². The third-order valence-corrected chi connectivity index (χ3v) is 4.19. The molecule has 1 aromatic rings. The monoisotopic (exact) mass is 290 g/mol. The summed E-state index contributed by atoms with van der Waals surface area (Å²) >= 11 is 0. The van der Waals surface area contributed by atoms with Gasteiger partial charge in [0.2, 0.25) is 5.91 Å². The van der Waals surface area contributed by atoms with Gasteiger partial charge in [-0.15, -0.1) is 0 Å². The van der Waals surface area contributed by atoms with Gasteiger partial charge < -0.3 is 10.4 Å². The number of hydrogen-bond donors (Lipinski definition) is 2. The highest BCUT2D eigenvalue weighted by atomic mass is 16.3. The van der Waals surface area contributed by atoms with E-state index < -0.39 is 5.60 Å². The summed E-state index contributed by atoms with van der Waals surface area (Å²) in [6, 6.07) is 9.93. The van der Waals surface area contributed by atoms with Crippen molar-refractivity contribution >= 4 is 5.91 Å². The van der Waals surface area contributed by atoms with Crippen molar-refractivity contribution in [2.45, 2.75) is 44.2 Å². The first kappa shape index (κ1) is 16.0. The molecule has 116 valence electrons. The molecule has 21 heavy (non-hydrogen) atoms. The Labute approximate surface area is 127 Å². The van der Waals surface area contributed by atoms with Crippen molar-refractivity contribution in [1.82, 2.24) is 10.2 Å². The van der Waals surface area contributed by atoms with Crippen LogP contribution in [0.1, 0.15) is 44.2 Å². The zero-order valence-electron chi connectivity index (χ0n) is 13.0. The molecule has 0 bridgehead atoms. The van der Waals surface area contributed by atoms with Crippen LogP contribution in [0.15, 0.2) is 30.3 Å². The van der Waals surface area contributed by atoms with Gasteiger partial charge in [0.25, 0.3) is 0 Å². The lowest BCUT2D eigenvalue weighted by atomic mass is 10.0. The largest absolute Gasteiger partial charge is 0.389 e. The van der Waals surface area contributed by atoms with E-state index in [-0.39, 0.29) is 11.9 Å². The summed E-state index contributed by atoms with van der Waals surface area (Å²) in [5.74, 6) is -0.00421. The normalized spacial score (nSPS) is 18.7. The Morgan fingerprint density at radius 3 is 2.57 bits per heavy atom. The van der Waals surface area contributed by atoms with Gasteiger partial charge in [0.15, 0.2) is 0 Å². The molecule has 0 radical (unpaired) electrons. The van der Waals surface area contributed by atoms with Gasteiger partial charge in [-0.1, -0.05) is 43.2 Å². The molecule has 1 aromatic carbocycles. The van der Waals surface area contributed by atoms with E-state index in [0.29, 0.717) is 13.1 Å². The lowest BCUT2D eigenvalue weighted by molar-refractivity contribution is -0.123. The highest BCUT2D eigenvalue weighted by molar-refractivity contribution is 5.78. The van der Waals surface area contributed by atoms with Crippen molar-refractivity contribution in [3.63, 3.8) is 0 Å². The van der Waals surface area contributed by atoms with E-state index in [1.54, 1.807) is 0 Å². The molecule has 1 aliphatic carbocycles. The topological polar surface area (TPSA) is 52.6 Å². The summed E-state index contributed by atoms with van der Waals surface area (Å²) in [4.78, 5) is 14.0. The maximum Gasteiger partial charge on any atom is 0.234 e. The molecular weight excluding hydrogens is 264 g/mol. The molecular formula is C17H26N2O2. The first-order valence-corrected chi connectivity index (χ1v) is 7.74. The van der Waals surface area contributed by atoms with E-state index in [4.69, 9.17) is 0 Å². The van der Waals surface area contributed by atoms with Crippen LogP contribution in [-0.4, -0.2) is 41.7 Å². The summed E-state index contributed by atoms with van der Waals surface area (Å²) in [6.07, 6.45) is 3.86. The second kappa shape index (κ2) is 7.05. The minimum absolute atomic E-state index is 0.00154. The second-order valence-electron chi connectivity index (χ2n) is 6.30. The van der Waals surface area contributed by atoms with E-state index >= 15 is 0 Å². The molecule has 1 aliphatic rings. The van der Waals surface area contributed by atoms with Crippen LogP contribution in [0.4, 0.5) is 0 Å². The number of carbonyl (C=O) groups is 1. The summed E-state index contributed by atoms with van der Waals surface area (Å²) in [7, 11) is 1.89. The minimum Gasteiger partial charge on any atom is -0.389 e. The van der Waals surface area contributed by atoms with Gasteiger partial charge in [0.1, 0.15) is 0 Å². The summed E-state index contributed by atoms with van der Waals surface area (Å²) in [5, 5.41) is 13.4. The van der Waals surface area contributed by atoms with Crippen LogP contribution in [0.3, 0.4) is 0 Å². The number of benzene rings is 1. The fourth-order valence-corrected chi connectivity index (χ4v) is 3.11. The number of amides is 1. The first-order chi connectivity index (χ1) is 9.98. The van der Waals surface area contributed by atoms with Gasteiger partial charge in [0.05, 0.1) is 18.2 Å². The third-order valence-electron chi connectivity index (χ3n) is 4.19. The van der Waals surface area contributed by atoms with Crippen LogP contribution in [0.25, 0.3) is 0 Å². The number of aliphatic hydroxyl groups is 1. The van der Waals surface area contributed by atoms with E-state index in [2.05, 4.69) is 5.32 Å². The zero-order chi connectivity index (χ0) is 15.3. The Hall–Kier alpha value is -1.39. The summed E-state index contributed by atoms with van der Waals surface area (Å²) in [6.45, 7) is 2.87. The third kappa shape index (κ3) is 4.83. The maximum absolute atomic E-state index is 12.1. The van der Waals surface area contributed by atoms with Crippen LogP contribution in [0, 0.1) is 0 Å². The number of rotatable bonds is 6. The Bertz CT molecular complexity index is 455. The van der Waals surface area contributed by atoms with Crippen molar-refractivity contribution in [2.75, 3.05) is 20.1 Å². The standard InChI is InChI=1S/C17H26N2O2/c1-14(15-8-4-3-5-9-15)18-16(20)12-19(2)13-17(21)10-6-7-11-17/h3-5,8-9,14,21H,6-7,10-13H2,1-2H3,(H,18,20). The van der Waals surface area contributed by atoms with Crippen molar-refractivity contribution in [1.29, 1.82) is 0 Å². The second-order valence-corrected chi connectivity index (χ2v) is 6.30. The van der Waals surface area contributed by atoms with Gasteiger partial charge in [-0.25, -0.2) is 0 Å². The molecule has 0 heterocycles. The number of hydrogen-bond acceptors (Lipinski definition) is 3.